The molecule has 0 aliphatic heterocycles. The van der Waals surface area contributed by atoms with Gasteiger partial charge in [-0.2, -0.15) is 0 Å². The summed E-state index contributed by atoms with van der Waals surface area (Å²) in [4.78, 5) is 7.60. The Kier molecular flexibility index (Phi) is 2.80. The maximum absolute atomic E-state index is 6.05. The molecule has 0 atom stereocenters. The van der Waals surface area contributed by atoms with E-state index in [1.165, 1.54) is 0 Å². The molecular weight excluding hydrogens is 302 g/mol. The summed E-state index contributed by atoms with van der Waals surface area (Å²) in [5.41, 5.74) is 3.88. The summed E-state index contributed by atoms with van der Waals surface area (Å²) < 4.78 is 2.66. The van der Waals surface area contributed by atoms with E-state index >= 15 is 0 Å². The highest BCUT2D eigenvalue weighted by Gasteiger charge is 2.10. The molecule has 2 aromatic carbocycles. The molecule has 0 fully saturated rings. The smallest absolute Gasteiger partial charge is 0.182 e. The van der Waals surface area contributed by atoms with Gasteiger partial charge in [0.15, 0.2) is 4.77 Å². The van der Waals surface area contributed by atoms with Crippen LogP contribution in [0.5, 0.6) is 0 Å². The van der Waals surface area contributed by atoms with Gasteiger partial charge in [-0.15, -0.1) is 0 Å². The summed E-state index contributed by atoms with van der Waals surface area (Å²) >= 11 is 11.5. The Morgan fingerprint density at radius 1 is 1.10 bits per heavy atom. The summed E-state index contributed by atoms with van der Waals surface area (Å²) in [6.07, 6.45) is 1.79. The lowest BCUT2D eigenvalue weighted by Gasteiger charge is -2.08. The second-order valence-corrected chi connectivity index (χ2v) is 5.60. The SMILES string of the molecule is S=c1[nH]c2cc(Cl)ccc2n1-c1cccc2ncccc12. The number of H-pyrrole nitrogens is 1. The fourth-order valence-electron chi connectivity index (χ4n) is 2.61. The Balaban J connectivity index is 2.14. The van der Waals surface area contributed by atoms with Gasteiger partial charge in [0.2, 0.25) is 0 Å². The fourth-order valence-corrected chi connectivity index (χ4v) is 3.08. The van der Waals surface area contributed by atoms with Crippen molar-refractivity contribution >= 4 is 45.8 Å². The molecule has 0 amide bonds. The third-order valence-electron chi connectivity index (χ3n) is 3.51. The minimum Gasteiger partial charge on any atom is -0.330 e. The zero-order chi connectivity index (χ0) is 14.4. The van der Waals surface area contributed by atoms with Crippen LogP contribution < -0.4 is 0 Å². The Hall–Kier alpha value is -2.17. The number of aromatic nitrogens is 3. The van der Waals surface area contributed by atoms with Gasteiger partial charge >= 0.3 is 0 Å². The van der Waals surface area contributed by atoms with Gasteiger partial charge in [-0.3, -0.25) is 9.55 Å². The van der Waals surface area contributed by atoms with Crippen molar-refractivity contribution in [2.75, 3.05) is 0 Å². The van der Waals surface area contributed by atoms with E-state index in [4.69, 9.17) is 23.8 Å². The van der Waals surface area contributed by atoms with E-state index in [2.05, 4.69) is 9.97 Å². The van der Waals surface area contributed by atoms with Crippen molar-refractivity contribution in [1.82, 2.24) is 14.5 Å². The molecular formula is C16H10ClN3S. The van der Waals surface area contributed by atoms with Crippen molar-refractivity contribution in [3.8, 4) is 5.69 Å². The van der Waals surface area contributed by atoms with Crippen LogP contribution in [0, 0.1) is 4.77 Å². The third kappa shape index (κ3) is 1.95. The predicted octanol–water partition coefficient (Wildman–Crippen LogP) is 4.89. The highest BCUT2D eigenvalue weighted by molar-refractivity contribution is 7.71. The Morgan fingerprint density at radius 3 is 2.90 bits per heavy atom. The molecule has 1 N–H and O–H groups in total. The van der Waals surface area contributed by atoms with E-state index in [-0.39, 0.29) is 0 Å². The van der Waals surface area contributed by atoms with E-state index in [9.17, 15) is 0 Å². The van der Waals surface area contributed by atoms with Crippen LogP contribution in [0.1, 0.15) is 0 Å². The molecule has 0 spiro atoms. The number of fused-ring (bicyclic) bond motifs is 2. The van der Waals surface area contributed by atoms with Crippen LogP contribution in [0.2, 0.25) is 5.02 Å². The number of imidazole rings is 1. The van der Waals surface area contributed by atoms with Crippen LogP contribution >= 0.6 is 23.8 Å². The van der Waals surface area contributed by atoms with E-state index in [0.717, 1.165) is 27.6 Å². The molecule has 4 rings (SSSR count). The number of nitrogens with one attached hydrogen (secondary N) is 1. The molecule has 4 aromatic rings. The first-order valence-electron chi connectivity index (χ1n) is 6.48. The van der Waals surface area contributed by atoms with E-state index < -0.39 is 0 Å². The van der Waals surface area contributed by atoms with Gasteiger partial charge in [0, 0.05) is 16.6 Å². The number of aromatic amines is 1. The van der Waals surface area contributed by atoms with Crippen molar-refractivity contribution in [2.24, 2.45) is 0 Å². The van der Waals surface area contributed by atoms with Crippen molar-refractivity contribution < 1.29 is 0 Å². The van der Waals surface area contributed by atoms with Crippen molar-refractivity contribution in [2.45, 2.75) is 0 Å². The molecule has 0 aliphatic rings. The summed E-state index contributed by atoms with van der Waals surface area (Å²) in [5.74, 6) is 0. The second kappa shape index (κ2) is 4.69. The van der Waals surface area contributed by atoms with Crippen LogP contribution in [0.4, 0.5) is 0 Å². The standard InChI is InChI=1S/C16H10ClN3S/c17-10-6-7-15-13(9-10)19-16(21)20(15)14-5-1-4-12-11(14)3-2-8-18-12/h1-9H,(H,19,21). The minimum absolute atomic E-state index is 0.642. The Bertz CT molecular complexity index is 1030. The number of rotatable bonds is 1. The maximum Gasteiger partial charge on any atom is 0.182 e. The van der Waals surface area contributed by atoms with Gasteiger partial charge in [-0.1, -0.05) is 17.7 Å². The first kappa shape index (κ1) is 12.6. The first-order chi connectivity index (χ1) is 10.2. The van der Waals surface area contributed by atoms with Crippen LogP contribution in [-0.2, 0) is 0 Å². The highest BCUT2D eigenvalue weighted by Crippen LogP contribution is 2.26. The van der Waals surface area contributed by atoms with Gasteiger partial charge in [-0.25, -0.2) is 0 Å². The monoisotopic (exact) mass is 311 g/mol. The van der Waals surface area contributed by atoms with Crippen LogP contribution in [0.3, 0.4) is 0 Å². The maximum atomic E-state index is 6.05. The van der Waals surface area contributed by atoms with Gasteiger partial charge in [0.25, 0.3) is 0 Å². The Labute approximate surface area is 130 Å². The van der Waals surface area contributed by atoms with E-state index in [0.29, 0.717) is 9.79 Å². The summed E-state index contributed by atoms with van der Waals surface area (Å²) in [5, 5.41) is 1.75. The van der Waals surface area contributed by atoms with Crippen molar-refractivity contribution in [3.63, 3.8) is 0 Å². The van der Waals surface area contributed by atoms with E-state index in [1.54, 1.807) is 6.20 Å². The summed E-state index contributed by atoms with van der Waals surface area (Å²) in [7, 11) is 0. The van der Waals surface area contributed by atoms with Gasteiger partial charge < -0.3 is 4.98 Å². The van der Waals surface area contributed by atoms with Crippen molar-refractivity contribution in [3.05, 3.63) is 64.5 Å². The molecule has 3 nitrogen and oxygen atoms in total. The lowest BCUT2D eigenvalue weighted by molar-refractivity contribution is 1.07. The number of hydrogen-bond donors (Lipinski definition) is 1. The van der Waals surface area contributed by atoms with Crippen molar-refractivity contribution in [1.29, 1.82) is 0 Å². The average Bonchev–Trinajstić information content (AvgIpc) is 2.81. The largest absolute Gasteiger partial charge is 0.330 e. The van der Waals surface area contributed by atoms with Gasteiger partial charge in [-0.05, 0) is 54.7 Å². The molecule has 0 bridgehead atoms. The summed E-state index contributed by atoms with van der Waals surface area (Å²) in [6, 6.07) is 15.7. The molecule has 0 aliphatic carbocycles. The Morgan fingerprint density at radius 2 is 2.00 bits per heavy atom. The summed E-state index contributed by atoms with van der Waals surface area (Å²) in [6.45, 7) is 0. The average molecular weight is 312 g/mol. The minimum atomic E-state index is 0.642. The second-order valence-electron chi connectivity index (χ2n) is 4.77. The lowest BCUT2D eigenvalue weighted by atomic mass is 10.1. The molecule has 0 saturated heterocycles. The molecule has 0 radical (unpaired) electrons. The first-order valence-corrected chi connectivity index (χ1v) is 7.27. The lowest BCUT2D eigenvalue weighted by Crippen LogP contribution is -1.95. The van der Waals surface area contributed by atoms with Gasteiger partial charge in [0.1, 0.15) is 0 Å². The highest BCUT2D eigenvalue weighted by atomic mass is 35.5. The zero-order valence-corrected chi connectivity index (χ0v) is 12.4. The van der Waals surface area contributed by atoms with Crippen LogP contribution in [0.25, 0.3) is 27.6 Å². The fraction of sp³-hybridized carbons (Fsp3) is 0. The number of nitrogens with zero attached hydrogens (tertiary/aromatic N) is 2. The normalized spacial score (nSPS) is 11.3. The molecule has 21 heavy (non-hydrogen) atoms. The third-order valence-corrected chi connectivity index (χ3v) is 4.03. The number of benzene rings is 2. The molecule has 0 saturated carbocycles. The predicted molar refractivity (Wildman–Crippen MR) is 88.8 cm³/mol. The van der Waals surface area contributed by atoms with Crippen LogP contribution in [-0.4, -0.2) is 14.5 Å². The number of halogens is 1. The quantitative estimate of drug-likeness (QED) is 0.508. The molecule has 2 aromatic heterocycles. The molecule has 102 valence electrons. The van der Waals surface area contributed by atoms with Gasteiger partial charge in [0.05, 0.1) is 22.2 Å². The molecule has 0 unspecified atom stereocenters. The number of hydrogen-bond acceptors (Lipinski definition) is 2. The van der Waals surface area contributed by atoms with Crippen LogP contribution in [0.15, 0.2) is 54.7 Å². The zero-order valence-electron chi connectivity index (χ0n) is 10.9. The van der Waals surface area contributed by atoms with E-state index in [1.807, 2.05) is 53.1 Å². The topological polar surface area (TPSA) is 33.6 Å². The molecule has 2 heterocycles. The number of pyridine rings is 1. The molecule has 5 heteroatoms.